The Morgan fingerprint density at radius 1 is 0.549 bits per heavy atom. The average Bonchev–Trinajstić information content (AvgIpc) is 3.34. The molecule has 0 spiro atoms. The number of hydrogen-bond donors (Lipinski definition) is 3. The predicted octanol–water partition coefficient (Wildman–Crippen LogP) is 4.56. The van der Waals surface area contributed by atoms with E-state index < -0.39 is 17.7 Å². The number of unbranched alkanes of at least 4 members (excludes halogenated alkanes) is 9. The molecule has 0 bridgehead atoms. The van der Waals surface area contributed by atoms with Crippen LogP contribution in [0.5, 0.6) is 0 Å². The van der Waals surface area contributed by atoms with Crippen LogP contribution in [0.15, 0.2) is 0 Å². The van der Waals surface area contributed by atoms with Gasteiger partial charge >= 0.3 is 0 Å². The first kappa shape index (κ1) is 45.5. The fourth-order valence-electron chi connectivity index (χ4n) is 5.66. The fourth-order valence-corrected chi connectivity index (χ4v) is 5.66. The number of hydrogen-bond acceptors (Lipinski definition) is 11. The summed E-state index contributed by atoms with van der Waals surface area (Å²) in [5, 5.41) is 31.2. The Bertz CT molecular complexity index is 1160. The number of Topliss-reactive ketones (excluding diaryl/α,β-unsaturated/α-hetero) is 3. The first-order valence-corrected chi connectivity index (χ1v) is 18.6. The monoisotopic (exact) mass is 724 g/mol. The molecule has 1 aliphatic rings. The molecule has 0 saturated carbocycles. The highest BCUT2D eigenvalue weighted by atomic mass is 16.5. The Balaban J connectivity index is 2.00. The number of imide groups is 1. The SMILES string of the molecule is CC(=O)N(O)CCCCCCC(=O)CCC(=O)N(O)CCCCCCC(=O)CCC(=O)N(O)CCCCCCC(=O)CCN1C(=O)CC(C)C1=O. The van der Waals surface area contributed by atoms with Crippen molar-refractivity contribution in [2.75, 3.05) is 26.2 Å². The molecule has 290 valence electrons. The molecule has 0 aromatic rings. The molecule has 0 aromatic heterocycles. The number of carbonyl (C=O) groups is 8. The van der Waals surface area contributed by atoms with Gasteiger partial charge < -0.3 is 0 Å². The minimum atomic E-state index is -0.522. The predicted molar refractivity (Wildman–Crippen MR) is 184 cm³/mol. The van der Waals surface area contributed by atoms with Crippen molar-refractivity contribution in [3.8, 4) is 0 Å². The lowest BCUT2D eigenvalue weighted by molar-refractivity contribution is -0.166. The molecule has 51 heavy (non-hydrogen) atoms. The van der Waals surface area contributed by atoms with Crippen molar-refractivity contribution in [3.05, 3.63) is 0 Å². The van der Waals surface area contributed by atoms with E-state index in [-0.39, 0.29) is 99.8 Å². The Hall–Kier alpha value is -3.56. The zero-order chi connectivity index (χ0) is 38.2. The molecule has 0 aliphatic carbocycles. The average molecular weight is 725 g/mol. The molecule has 1 unspecified atom stereocenters. The largest absolute Gasteiger partial charge is 0.300 e. The van der Waals surface area contributed by atoms with E-state index in [1.54, 1.807) is 6.92 Å². The molecule has 1 rings (SSSR count). The summed E-state index contributed by atoms with van der Waals surface area (Å²) >= 11 is 0. The van der Waals surface area contributed by atoms with Crippen LogP contribution in [0.4, 0.5) is 0 Å². The zero-order valence-corrected chi connectivity index (χ0v) is 30.7. The highest BCUT2D eigenvalue weighted by Gasteiger charge is 2.35. The number of ketones is 3. The third-order valence-corrected chi connectivity index (χ3v) is 8.98. The molecule has 15 heteroatoms. The van der Waals surface area contributed by atoms with Crippen molar-refractivity contribution < 1.29 is 54.0 Å². The van der Waals surface area contributed by atoms with Crippen molar-refractivity contribution >= 4 is 46.9 Å². The molecule has 1 aliphatic heterocycles. The molecule has 1 atom stereocenters. The Morgan fingerprint density at radius 3 is 1.29 bits per heavy atom. The van der Waals surface area contributed by atoms with Gasteiger partial charge in [-0.25, -0.2) is 15.2 Å². The zero-order valence-electron chi connectivity index (χ0n) is 30.7. The van der Waals surface area contributed by atoms with Gasteiger partial charge in [0.25, 0.3) is 0 Å². The Labute approximate surface area is 301 Å². The molecule has 1 saturated heterocycles. The minimum Gasteiger partial charge on any atom is -0.300 e. The van der Waals surface area contributed by atoms with Gasteiger partial charge in [0.1, 0.15) is 17.3 Å². The van der Waals surface area contributed by atoms with Gasteiger partial charge in [-0.15, -0.1) is 0 Å². The minimum absolute atomic E-state index is 0.00882. The van der Waals surface area contributed by atoms with Gasteiger partial charge in [0, 0.05) is 96.8 Å². The lowest BCUT2D eigenvalue weighted by Crippen LogP contribution is -2.32. The Morgan fingerprint density at radius 2 is 0.922 bits per heavy atom. The van der Waals surface area contributed by atoms with Crippen molar-refractivity contribution in [1.29, 1.82) is 0 Å². The molecule has 5 amide bonds. The quantitative estimate of drug-likeness (QED) is 0.0404. The first-order valence-electron chi connectivity index (χ1n) is 18.6. The molecular formula is C36H60N4O11. The second kappa shape index (κ2) is 26.2. The Kier molecular flexibility index (Phi) is 23.4. The second-order valence-electron chi connectivity index (χ2n) is 13.5. The fraction of sp³-hybridized carbons (Fsp3) is 0.778. The van der Waals surface area contributed by atoms with E-state index in [2.05, 4.69) is 0 Å². The summed E-state index contributed by atoms with van der Waals surface area (Å²) in [4.78, 5) is 96.4. The smallest absolute Gasteiger partial charge is 0.246 e. The van der Waals surface area contributed by atoms with Crippen LogP contribution in [0.25, 0.3) is 0 Å². The van der Waals surface area contributed by atoms with Crippen LogP contribution in [0, 0.1) is 5.92 Å². The van der Waals surface area contributed by atoms with E-state index in [1.807, 2.05) is 0 Å². The van der Waals surface area contributed by atoms with E-state index in [1.165, 1.54) is 11.8 Å². The van der Waals surface area contributed by atoms with Crippen LogP contribution in [-0.4, -0.2) is 109 Å². The van der Waals surface area contributed by atoms with Crippen LogP contribution < -0.4 is 0 Å². The lowest BCUT2D eigenvalue weighted by Gasteiger charge is -2.15. The normalized spacial score (nSPS) is 14.1. The number of rotatable bonds is 30. The van der Waals surface area contributed by atoms with Crippen molar-refractivity contribution in [3.63, 3.8) is 0 Å². The molecule has 0 aromatic carbocycles. The van der Waals surface area contributed by atoms with Crippen LogP contribution in [0.1, 0.15) is 149 Å². The summed E-state index contributed by atoms with van der Waals surface area (Å²) in [6.07, 6.45) is 9.29. The van der Waals surface area contributed by atoms with Gasteiger partial charge in [-0.3, -0.25) is 58.9 Å². The van der Waals surface area contributed by atoms with Gasteiger partial charge in [0.15, 0.2) is 0 Å². The van der Waals surface area contributed by atoms with Crippen LogP contribution in [-0.2, 0) is 38.4 Å². The van der Waals surface area contributed by atoms with E-state index in [4.69, 9.17) is 0 Å². The summed E-state index contributed by atoms with van der Waals surface area (Å²) < 4.78 is 0. The standard InChI is InChI=1S/C36H60N4O11/c1-28-27-35(47)37(36(28)48)26-22-32(44)17-11-5-8-14-25-40(51)34(46)21-19-31(43)16-10-4-7-13-24-39(50)33(45)20-18-30(42)15-9-3-6-12-23-38(49)29(2)41/h28,49-51H,3-27H2,1-2H3. The third-order valence-electron chi connectivity index (χ3n) is 8.98. The summed E-state index contributed by atoms with van der Waals surface area (Å²) in [6, 6.07) is 0. The van der Waals surface area contributed by atoms with E-state index >= 15 is 0 Å². The van der Waals surface area contributed by atoms with Crippen LogP contribution in [0.3, 0.4) is 0 Å². The maximum Gasteiger partial charge on any atom is 0.246 e. The molecule has 1 fully saturated rings. The van der Waals surface area contributed by atoms with Gasteiger partial charge in [-0.1, -0.05) is 45.4 Å². The number of nitrogens with zero attached hydrogens (tertiary/aromatic N) is 4. The van der Waals surface area contributed by atoms with Crippen LogP contribution >= 0.6 is 0 Å². The topological polar surface area (TPSA) is 210 Å². The lowest BCUT2D eigenvalue weighted by atomic mass is 10.1. The highest BCUT2D eigenvalue weighted by molar-refractivity contribution is 6.03. The van der Waals surface area contributed by atoms with Crippen molar-refractivity contribution in [1.82, 2.24) is 20.1 Å². The highest BCUT2D eigenvalue weighted by Crippen LogP contribution is 2.19. The van der Waals surface area contributed by atoms with E-state index in [0.717, 1.165) is 19.3 Å². The van der Waals surface area contributed by atoms with Gasteiger partial charge in [0.2, 0.25) is 29.5 Å². The maximum absolute atomic E-state index is 12.2. The third kappa shape index (κ3) is 20.8. The van der Waals surface area contributed by atoms with Gasteiger partial charge in [-0.2, -0.15) is 0 Å². The number of amides is 5. The molecule has 15 nitrogen and oxygen atoms in total. The summed E-state index contributed by atoms with van der Waals surface area (Å²) in [7, 11) is 0. The summed E-state index contributed by atoms with van der Waals surface area (Å²) in [5.74, 6) is -2.36. The van der Waals surface area contributed by atoms with E-state index in [9.17, 15) is 54.0 Å². The summed E-state index contributed by atoms with van der Waals surface area (Å²) in [6.45, 7) is 3.63. The number of hydroxylamine groups is 6. The van der Waals surface area contributed by atoms with Crippen molar-refractivity contribution in [2.45, 2.75) is 149 Å². The second-order valence-corrected chi connectivity index (χ2v) is 13.5. The van der Waals surface area contributed by atoms with Crippen LogP contribution in [0.2, 0.25) is 0 Å². The van der Waals surface area contributed by atoms with E-state index in [0.29, 0.717) is 92.2 Å². The number of carbonyl (C=O) groups excluding carboxylic acids is 8. The molecule has 0 radical (unpaired) electrons. The number of likely N-dealkylation sites (tertiary alicyclic amines) is 1. The molecular weight excluding hydrogens is 664 g/mol. The summed E-state index contributed by atoms with van der Waals surface area (Å²) in [5.41, 5.74) is 0. The van der Waals surface area contributed by atoms with Crippen molar-refractivity contribution in [2.24, 2.45) is 5.92 Å². The van der Waals surface area contributed by atoms with Gasteiger partial charge in [0.05, 0.1) is 0 Å². The molecule has 3 N–H and O–H groups in total. The maximum atomic E-state index is 12.2. The molecule has 1 heterocycles. The first-order chi connectivity index (χ1) is 24.2. The van der Waals surface area contributed by atoms with Gasteiger partial charge in [-0.05, 0) is 38.5 Å².